The van der Waals surface area contributed by atoms with E-state index in [9.17, 15) is 0 Å². The maximum absolute atomic E-state index is 5.61. The highest BCUT2D eigenvalue weighted by molar-refractivity contribution is 5.59. The number of ether oxygens (including phenoxy) is 6. The number of rotatable bonds is 8. The molecule has 0 fully saturated rings. The summed E-state index contributed by atoms with van der Waals surface area (Å²) in [7, 11) is 9.61. The van der Waals surface area contributed by atoms with Gasteiger partial charge in [-0.2, -0.15) is 0 Å². The minimum atomic E-state index is -0.248. The van der Waals surface area contributed by atoms with Gasteiger partial charge in [-0.25, -0.2) is 0 Å². The zero-order chi connectivity index (χ0) is 24.5. The third-order valence-corrected chi connectivity index (χ3v) is 5.79. The fourth-order valence-corrected chi connectivity index (χ4v) is 4.07. The van der Waals surface area contributed by atoms with E-state index in [2.05, 4.69) is 23.7 Å². The highest BCUT2D eigenvalue weighted by Crippen LogP contribution is 2.46. The van der Waals surface area contributed by atoms with Crippen molar-refractivity contribution in [2.45, 2.75) is 37.5 Å². The molecule has 0 heterocycles. The van der Waals surface area contributed by atoms with Crippen LogP contribution in [0.5, 0.6) is 34.5 Å². The summed E-state index contributed by atoms with van der Waals surface area (Å²) in [5.41, 5.74) is 1.85. The van der Waals surface area contributed by atoms with Crippen molar-refractivity contribution in [3.8, 4) is 58.2 Å². The molecule has 0 amide bonds. The smallest absolute Gasteiger partial charge is 0.203 e. The average Bonchev–Trinajstić information content (AvgIpc) is 2.89. The average molecular weight is 465 g/mol. The minimum absolute atomic E-state index is 0.248. The molecule has 34 heavy (non-hydrogen) atoms. The summed E-state index contributed by atoms with van der Waals surface area (Å²) in [6, 6.07) is 7.77. The lowest BCUT2D eigenvalue weighted by molar-refractivity contribution is 0.323. The predicted octanol–water partition coefficient (Wildman–Crippen LogP) is 5.19. The molecule has 0 unspecified atom stereocenters. The van der Waals surface area contributed by atoms with Gasteiger partial charge in [-0.15, -0.1) is 11.8 Å². The molecule has 0 aromatic heterocycles. The lowest BCUT2D eigenvalue weighted by Crippen LogP contribution is -2.11. The Morgan fingerprint density at radius 1 is 0.529 bits per heavy atom. The van der Waals surface area contributed by atoms with E-state index >= 15 is 0 Å². The lowest BCUT2D eigenvalue weighted by Gasteiger charge is -2.24. The Labute approximate surface area is 202 Å². The first-order chi connectivity index (χ1) is 16.6. The van der Waals surface area contributed by atoms with Gasteiger partial charge in [-0.3, -0.25) is 0 Å². The Bertz CT molecular complexity index is 976. The third-order valence-electron chi connectivity index (χ3n) is 5.79. The first-order valence-electron chi connectivity index (χ1n) is 11.2. The van der Waals surface area contributed by atoms with E-state index in [0.29, 0.717) is 34.5 Å². The third kappa shape index (κ3) is 5.29. The van der Waals surface area contributed by atoms with Gasteiger partial charge >= 0.3 is 0 Å². The van der Waals surface area contributed by atoms with Crippen LogP contribution >= 0.6 is 0 Å². The van der Waals surface area contributed by atoms with E-state index in [1.54, 1.807) is 42.7 Å². The van der Waals surface area contributed by atoms with Crippen LogP contribution in [0.3, 0.4) is 0 Å². The molecule has 1 aliphatic rings. The second-order valence-corrected chi connectivity index (χ2v) is 7.72. The van der Waals surface area contributed by atoms with Gasteiger partial charge < -0.3 is 28.4 Å². The minimum Gasteiger partial charge on any atom is -0.493 e. The molecule has 0 spiro atoms. The molecule has 2 aromatic carbocycles. The van der Waals surface area contributed by atoms with E-state index in [-0.39, 0.29) is 11.8 Å². The van der Waals surface area contributed by atoms with Crippen LogP contribution in [0.2, 0.25) is 0 Å². The molecule has 0 bridgehead atoms. The monoisotopic (exact) mass is 464 g/mol. The molecule has 3 rings (SSSR count). The van der Waals surface area contributed by atoms with E-state index < -0.39 is 0 Å². The Kier molecular flexibility index (Phi) is 8.82. The van der Waals surface area contributed by atoms with Crippen molar-refractivity contribution in [3.63, 3.8) is 0 Å². The summed E-state index contributed by atoms with van der Waals surface area (Å²) >= 11 is 0. The fourth-order valence-electron chi connectivity index (χ4n) is 4.07. The first-order valence-corrected chi connectivity index (χ1v) is 11.2. The van der Waals surface area contributed by atoms with Gasteiger partial charge in [0.05, 0.1) is 54.5 Å². The highest BCUT2D eigenvalue weighted by Gasteiger charge is 2.27. The molecule has 180 valence electrons. The molecule has 0 saturated heterocycles. The standard InChI is InChI=1S/C28H32O6/c1-29-23-15-19(16-24(30-2)27(23)33-5)21-13-11-9-7-8-10-12-14-22(21)20-17-25(31-3)28(34-6)26(18-20)32-4/h15-18,21-22H,7-10H2,1-6H3/t21-,22-/m1/s1. The fraction of sp³-hybridized carbons (Fsp3) is 0.429. The molecule has 6 heteroatoms. The van der Waals surface area contributed by atoms with Crippen molar-refractivity contribution in [2.75, 3.05) is 42.7 Å². The Morgan fingerprint density at radius 3 is 1.12 bits per heavy atom. The van der Waals surface area contributed by atoms with Gasteiger partial charge in [0.1, 0.15) is 0 Å². The van der Waals surface area contributed by atoms with E-state index in [1.807, 2.05) is 24.3 Å². The molecule has 2 aromatic rings. The summed E-state index contributed by atoms with van der Waals surface area (Å²) in [5, 5.41) is 0. The summed E-state index contributed by atoms with van der Waals surface area (Å²) in [6.45, 7) is 0. The van der Waals surface area contributed by atoms with Crippen molar-refractivity contribution in [3.05, 3.63) is 35.4 Å². The normalized spacial score (nSPS) is 17.2. The van der Waals surface area contributed by atoms with Gasteiger partial charge in [0.25, 0.3) is 0 Å². The number of hydrogen-bond acceptors (Lipinski definition) is 6. The van der Waals surface area contributed by atoms with Crippen LogP contribution in [0.25, 0.3) is 0 Å². The number of hydrogen-bond donors (Lipinski definition) is 0. The second kappa shape index (κ2) is 12.0. The summed E-state index contributed by atoms with van der Waals surface area (Å²) in [4.78, 5) is 0. The molecule has 0 radical (unpaired) electrons. The molecular weight excluding hydrogens is 432 g/mol. The summed E-state index contributed by atoms with van der Waals surface area (Å²) in [5.74, 6) is 16.6. The predicted molar refractivity (Wildman–Crippen MR) is 132 cm³/mol. The van der Waals surface area contributed by atoms with Gasteiger partial charge in [0.15, 0.2) is 23.0 Å². The van der Waals surface area contributed by atoms with Crippen LogP contribution in [0, 0.1) is 23.7 Å². The van der Waals surface area contributed by atoms with Crippen molar-refractivity contribution < 1.29 is 28.4 Å². The zero-order valence-electron chi connectivity index (χ0n) is 20.7. The van der Waals surface area contributed by atoms with Gasteiger partial charge in [0.2, 0.25) is 11.5 Å². The van der Waals surface area contributed by atoms with E-state index in [4.69, 9.17) is 28.4 Å². The van der Waals surface area contributed by atoms with Gasteiger partial charge in [0, 0.05) is 12.8 Å². The maximum atomic E-state index is 5.61. The Hall–Kier alpha value is -3.64. The van der Waals surface area contributed by atoms with Crippen molar-refractivity contribution in [2.24, 2.45) is 0 Å². The SMILES string of the molecule is COc1cc([C@H]2C#CCCCCC#C[C@@H]2c2cc(OC)c(OC)c(OC)c2)cc(OC)c1OC. The van der Waals surface area contributed by atoms with Crippen LogP contribution in [-0.4, -0.2) is 42.7 Å². The second-order valence-electron chi connectivity index (χ2n) is 7.72. The van der Waals surface area contributed by atoms with Crippen LogP contribution in [0.4, 0.5) is 0 Å². The topological polar surface area (TPSA) is 55.4 Å². The van der Waals surface area contributed by atoms with Crippen LogP contribution in [0.15, 0.2) is 24.3 Å². The lowest BCUT2D eigenvalue weighted by atomic mass is 9.81. The Morgan fingerprint density at radius 2 is 0.853 bits per heavy atom. The Balaban J connectivity index is 2.24. The number of methoxy groups -OCH3 is 6. The van der Waals surface area contributed by atoms with Crippen molar-refractivity contribution >= 4 is 0 Å². The summed E-state index contributed by atoms with van der Waals surface area (Å²) < 4.78 is 33.5. The van der Waals surface area contributed by atoms with Crippen molar-refractivity contribution in [1.29, 1.82) is 0 Å². The molecule has 0 aliphatic heterocycles. The molecule has 1 aliphatic carbocycles. The van der Waals surface area contributed by atoms with Gasteiger partial charge in [-0.1, -0.05) is 11.8 Å². The molecule has 6 nitrogen and oxygen atoms in total. The zero-order valence-corrected chi connectivity index (χ0v) is 20.7. The first kappa shape index (κ1) is 25.0. The quantitative estimate of drug-likeness (QED) is 0.502. The molecule has 0 saturated carbocycles. The molecular formula is C28H32O6. The largest absolute Gasteiger partial charge is 0.493 e. The number of benzene rings is 2. The summed E-state index contributed by atoms with van der Waals surface area (Å²) in [6.07, 6.45) is 3.70. The van der Waals surface area contributed by atoms with Gasteiger partial charge in [-0.05, 0) is 48.2 Å². The highest BCUT2D eigenvalue weighted by atomic mass is 16.5. The van der Waals surface area contributed by atoms with Crippen LogP contribution in [-0.2, 0) is 0 Å². The maximum Gasteiger partial charge on any atom is 0.203 e. The van der Waals surface area contributed by atoms with Crippen LogP contribution in [0.1, 0.15) is 48.6 Å². The van der Waals surface area contributed by atoms with E-state index in [0.717, 1.165) is 36.8 Å². The molecule has 0 N–H and O–H groups in total. The van der Waals surface area contributed by atoms with E-state index in [1.165, 1.54) is 0 Å². The van der Waals surface area contributed by atoms with Crippen LogP contribution < -0.4 is 28.4 Å². The molecule has 2 atom stereocenters. The van der Waals surface area contributed by atoms with Crippen molar-refractivity contribution in [1.82, 2.24) is 0 Å².